The van der Waals surface area contributed by atoms with Crippen LogP contribution in [0.1, 0.15) is 121 Å². The quantitative estimate of drug-likeness (QED) is 0.119. The van der Waals surface area contributed by atoms with Crippen molar-refractivity contribution >= 4 is 66.3 Å². The van der Waals surface area contributed by atoms with E-state index < -0.39 is 11.2 Å². The minimum Gasteiger partial charge on any atom is -1.00 e. The molecule has 0 unspecified atom stereocenters. The molecule has 4 aliphatic heterocycles. The van der Waals surface area contributed by atoms with Gasteiger partial charge in [-0.05, 0) is 178 Å². The fourth-order valence-corrected chi connectivity index (χ4v) is 7.57. The van der Waals surface area contributed by atoms with Crippen LogP contribution in [0.4, 0.5) is 9.59 Å². The molecule has 3 aromatic heterocycles. The number of hydrogen-bond acceptors (Lipinski definition) is 15. The zero-order valence-electron chi connectivity index (χ0n) is 45.6. The molecule has 2 N–H and O–H groups in total. The number of hydrogen-bond donors (Lipinski definition) is 2. The van der Waals surface area contributed by atoms with Crippen molar-refractivity contribution in [3.05, 3.63) is 97.7 Å². The molecule has 73 heavy (non-hydrogen) atoms. The molecule has 0 atom stereocenters. The summed E-state index contributed by atoms with van der Waals surface area (Å²) in [5.74, 6) is 1.76. The number of nitrogens with zero attached hydrogens (tertiary/aromatic N) is 4. The van der Waals surface area contributed by atoms with Crippen LogP contribution in [0.25, 0.3) is 5.57 Å². The number of pyridine rings is 3. The molecule has 2 saturated heterocycles. The molecule has 0 aromatic carbocycles. The predicted molar refractivity (Wildman–Crippen MR) is 285 cm³/mol. The van der Waals surface area contributed by atoms with Crippen LogP contribution in [-0.2, 0) is 28.5 Å². The molecule has 0 radical (unpaired) electrons. The van der Waals surface area contributed by atoms with Gasteiger partial charge in [0.15, 0.2) is 0 Å². The van der Waals surface area contributed by atoms with Gasteiger partial charge in [0.25, 0.3) is 12.0 Å². The first-order valence-corrected chi connectivity index (χ1v) is 24.0. The van der Waals surface area contributed by atoms with Gasteiger partial charge in [-0.1, -0.05) is 25.6 Å². The number of piperidine rings is 1. The molecule has 23 heteroatoms. The van der Waals surface area contributed by atoms with Crippen molar-refractivity contribution in [1.82, 2.24) is 30.1 Å². The van der Waals surface area contributed by atoms with Crippen molar-refractivity contribution in [2.75, 3.05) is 53.5 Å². The van der Waals surface area contributed by atoms with Crippen molar-refractivity contribution < 1.29 is 157 Å². The minimum absolute atomic E-state index is 0. The molecule has 0 spiro atoms. The van der Waals surface area contributed by atoms with Crippen LogP contribution in [0, 0.1) is 3.57 Å². The zero-order chi connectivity index (χ0) is 51.4. The van der Waals surface area contributed by atoms with Crippen LogP contribution >= 0.6 is 35.0 Å². The summed E-state index contributed by atoms with van der Waals surface area (Å²) in [4.78, 5) is 61.1. The van der Waals surface area contributed by atoms with E-state index in [0.29, 0.717) is 43.9 Å². The maximum Gasteiger partial charge on any atom is 1.00 e. The number of aromatic nitrogens is 3. The summed E-state index contributed by atoms with van der Waals surface area (Å²) in [5, 5.41) is 11.7. The van der Waals surface area contributed by atoms with Gasteiger partial charge in [-0.25, -0.2) is 19.6 Å². The summed E-state index contributed by atoms with van der Waals surface area (Å²) in [6.45, 7) is 23.6. The molecule has 3 aromatic rings. The standard InChI is InChI=1S/C16H28BNO4.C16H22N2O3.C10H14N2O.C6H6INO.CH2O3.CH4.ClH.2K.H/c1-14(2,3)20-13(19)18-10-8-12(9-11-18)17-21-15(4,5)16(6,7)22-17;1-16(2,3)21-15(19)18-10-7-12(8-11-18)13-6-5-9-17-14(13)20-4;13-10-9(2-1-5-12-10)8-3-6-11-7-4-8;1-9-6-5(7)3-2-4-8-6;2-1-4-3;;;;;/h8H,9-11H2,1-7H3;5-7,9H,8,10-11H2,1-4H3;1-2,5,8,11H,3-4,6-7H2,(H,12,13);2-4H,1H3;1,3H;1H4;1H;;;/q;;;;;;;2*+1;-1/p-1. The number of methoxy groups -OCH3 is 2. The van der Waals surface area contributed by atoms with E-state index >= 15 is 0 Å². The maximum absolute atomic E-state index is 12.1. The largest absolute Gasteiger partial charge is 1.00 e. The number of carbonyl (C=O) groups excluding carboxylic acids is 3. The molecular formula is C50H77BClIK2N6O12. The Morgan fingerprint density at radius 1 is 0.836 bits per heavy atom. The number of H-pyrrole nitrogens is 1. The Morgan fingerprint density at radius 3 is 1.74 bits per heavy atom. The van der Waals surface area contributed by atoms with Crippen molar-refractivity contribution in [1.29, 1.82) is 0 Å². The number of aromatic amines is 1. The van der Waals surface area contributed by atoms with Gasteiger partial charge in [0.05, 0.1) is 29.0 Å². The van der Waals surface area contributed by atoms with Crippen LogP contribution < -0.4 is 128 Å². The summed E-state index contributed by atoms with van der Waals surface area (Å²) in [5.41, 5.74) is 2.68. The molecular weight excluding hydrogens is 1130 g/mol. The average molecular weight is 1210 g/mol. The molecule has 7 rings (SSSR count). The topological polar surface area (TPSA) is 216 Å². The summed E-state index contributed by atoms with van der Waals surface area (Å²) >= 11 is 2.17. The smallest absolute Gasteiger partial charge is 1.00 e. The molecule has 7 heterocycles. The third kappa shape index (κ3) is 25.7. The van der Waals surface area contributed by atoms with Gasteiger partial charge in [0, 0.05) is 55.9 Å². The van der Waals surface area contributed by atoms with Crippen LogP contribution in [0.2, 0.25) is 0 Å². The third-order valence-electron chi connectivity index (χ3n) is 11.2. The van der Waals surface area contributed by atoms with Crippen LogP contribution in [-0.4, -0.2) is 126 Å². The zero-order valence-corrected chi connectivity index (χ0v) is 53.8. The Morgan fingerprint density at radius 2 is 1.33 bits per heavy atom. The first-order chi connectivity index (χ1) is 32.5. The van der Waals surface area contributed by atoms with Gasteiger partial charge < -0.3 is 59.9 Å². The Kier molecular flexibility index (Phi) is 36.2. The van der Waals surface area contributed by atoms with Gasteiger partial charge >= 0.3 is 122 Å². The summed E-state index contributed by atoms with van der Waals surface area (Å²) in [7, 11) is 2.91. The van der Waals surface area contributed by atoms with E-state index in [9.17, 15) is 14.4 Å². The molecule has 4 aliphatic rings. The number of carbonyl (C=O) groups is 3. The predicted octanol–water partition coefficient (Wildman–Crippen LogP) is 2.45. The fraction of sp³-hybridized carbons (Fsp3) is 0.560. The monoisotopic (exact) mass is 1200 g/mol. The SMILES string of the molecule is C.CC(C)(C)OC(=O)N1CC=C(B2OC(C)(C)C(C)(C)O2)CC1.COc1ncccc1C1=CCN(C(=O)OC(C)(C)C)CC1.COc1ncccc1I.Cl.O=CO[O-].O=c1[nH]cccc1C1CCNCC1.[H-].[K+].[K+]. The maximum atomic E-state index is 12.1. The number of nitrogens with one attached hydrogen (secondary N) is 2. The molecule has 398 valence electrons. The fourth-order valence-electron chi connectivity index (χ4n) is 7.00. The summed E-state index contributed by atoms with van der Waals surface area (Å²) in [6, 6.07) is 11.5. The molecule has 0 bridgehead atoms. The number of rotatable bonds is 6. The van der Waals surface area contributed by atoms with E-state index in [-0.39, 0.29) is 167 Å². The summed E-state index contributed by atoms with van der Waals surface area (Å²) < 4.78 is 34.1. The van der Waals surface area contributed by atoms with Crippen molar-refractivity contribution in [3.63, 3.8) is 0 Å². The summed E-state index contributed by atoms with van der Waals surface area (Å²) in [6.07, 6.45) is 12.3. The van der Waals surface area contributed by atoms with E-state index in [1.807, 2.05) is 118 Å². The Bertz CT molecular complexity index is 2230. The van der Waals surface area contributed by atoms with E-state index in [2.05, 4.69) is 47.7 Å². The second-order valence-electron chi connectivity index (χ2n) is 19.2. The molecule has 0 aliphatic carbocycles. The van der Waals surface area contributed by atoms with E-state index in [1.54, 1.807) is 42.6 Å². The minimum atomic E-state index is -0.465. The average Bonchev–Trinajstić information content (AvgIpc) is 3.54. The number of ether oxygens (including phenoxy) is 4. The van der Waals surface area contributed by atoms with Crippen LogP contribution in [0.15, 0.2) is 77.4 Å². The van der Waals surface area contributed by atoms with Crippen molar-refractivity contribution in [2.45, 2.75) is 131 Å². The first-order valence-electron chi connectivity index (χ1n) is 22.9. The van der Waals surface area contributed by atoms with Crippen LogP contribution in [0.5, 0.6) is 11.8 Å². The van der Waals surface area contributed by atoms with Gasteiger partial charge in [-0.15, -0.1) is 12.4 Å². The Labute approximate surface area is 539 Å². The number of amides is 2. The Balaban J connectivity index is -0.000000900. The van der Waals surface area contributed by atoms with Gasteiger partial charge in [0.2, 0.25) is 11.8 Å². The van der Waals surface area contributed by atoms with Gasteiger partial charge in [-0.2, -0.15) is 0 Å². The van der Waals surface area contributed by atoms with Gasteiger partial charge in [-0.3, -0.25) is 9.59 Å². The second-order valence-corrected chi connectivity index (χ2v) is 20.3. The normalized spacial score (nSPS) is 16.5. The van der Waals surface area contributed by atoms with Crippen molar-refractivity contribution in [2.24, 2.45) is 0 Å². The van der Waals surface area contributed by atoms with E-state index in [1.165, 1.54) is 0 Å². The van der Waals surface area contributed by atoms with Crippen molar-refractivity contribution in [3.8, 4) is 11.8 Å². The van der Waals surface area contributed by atoms with Gasteiger partial charge in [0.1, 0.15) is 11.2 Å². The molecule has 2 amide bonds. The Hall–Kier alpha value is -1.46. The van der Waals surface area contributed by atoms with E-state index in [0.717, 1.165) is 64.5 Å². The number of halogens is 2. The van der Waals surface area contributed by atoms with Crippen LogP contribution in [0.3, 0.4) is 0 Å². The molecule has 0 saturated carbocycles. The third-order valence-corrected chi connectivity index (χ3v) is 12.0. The first kappa shape index (κ1) is 73.6. The molecule has 2 fully saturated rings. The molecule has 18 nitrogen and oxygen atoms in total. The second kappa shape index (κ2) is 35.9. The van der Waals surface area contributed by atoms with E-state index in [4.69, 9.17) is 38.3 Å².